The normalized spacial score (nSPS) is 10.8. The van der Waals surface area contributed by atoms with Gasteiger partial charge in [-0.25, -0.2) is 0 Å². The van der Waals surface area contributed by atoms with Gasteiger partial charge in [0.2, 0.25) is 0 Å². The molecule has 2 aromatic rings. The van der Waals surface area contributed by atoms with E-state index in [0.29, 0.717) is 11.2 Å². The predicted molar refractivity (Wildman–Crippen MR) is 60.8 cm³/mol. The van der Waals surface area contributed by atoms with E-state index in [9.17, 15) is 0 Å². The number of nitrogen functional groups attached to an aromatic ring is 1. The summed E-state index contributed by atoms with van der Waals surface area (Å²) in [7, 11) is -1.43. The third-order valence-corrected chi connectivity index (χ3v) is 3.31. The van der Waals surface area contributed by atoms with Crippen LogP contribution in [0.5, 0.6) is 0 Å². The molecule has 0 fully saturated rings. The average molecular weight is 207 g/mol. The zero-order valence-corrected chi connectivity index (χ0v) is 8.51. The molecular weight excluding hydrogens is 197 g/mol. The van der Waals surface area contributed by atoms with Gasteiger partial charge in [-0.1, -0.05) is 6.07 Å². The summed E-state index contributed by atoms with van der Waals surface area (Å²) >= 11 is 1.44. The quantitative estimate of drug-likeness (QED) is 0.470. The van der Waals surface area contributed by atoms with Crippen LogP contribution in [0.3, 0.4) is 0 Å². The highest BCUT2D eigenvalue weighted by atomic mass is 32.1. The van der Waals surface area contributed by atoms with Gasteiger partial charge in [0.15, 0.2) is 0 Å². The lowest BCUT2D eigenvalue weighted by molar-refractivity contribution is 0.426. The van der Waals surface area contributed by atoms with Crippen molar-refractivity contribution in [1.29, 1.82) is 0 Å². The van der Waals surface area contributed by atoms with Gasteiger partial charge in [0.25, 0.3) is 0 Å². The minimum Gasteiger partial charge on any atom is -0.423 e. The second kappa shape index (κ2) is 3.27. The molecule has 2 rings (SSSR count). The Morgan fingerprint density at radius 3 is 2.71 bits per heavy atom. The summed E-state index contributed by atoms with van der Waals surface area (Å²) in [6, 6.07) is 3.72. The molecule has 14 heavy (non-hydrogen) atoms. The first-order valence-corrected chi connectivity index (χ1v) is 5.11. The Hall–Kier alpha value is -1.04. The van der Waals surface area contributed by atoms with Gasteiger partial charge in [-0.05, 0) is 29.3 Å². The topological polar surface area (TPSA) is 66.5 Å². The van der Waals surface area contributed by atoms with E-state index in [4.69, 9.17) is 15.8 Å². The highest BCUT2D eigenvalue weighted by Crippen LogP contribution is 2.27. The van der Waals surface area contributed by atoms with Crippen molar-refractivity contribution >= 4 is 39.7 Å². The van der Waals surface area contributed by atoms with E-state index in [1.807, 2.05) is 19.1 Å². The maximum atomic E-state index is 9.15. The fraction of sp³-hybridized carbons (Fsp3) is 0.111. The SMILES string of the molecule is Cc1ccc(N)c2scc(B(O)O)c12. The Bertz CT molecular complexity index is 481. The summed E-state index contributed by atoms with van der Waals surface area (Å²) < 4.78 is 0.924. The maximum Gasteiger partial charge on any atom is 0.489 e. The average Bonchev–Trinajstić information content (AvgIpc) is 2.56. The first-order chi connectivity index (χ1) is 6.61. The van der Waals surface area contributed by atoms with E-state index in [2.05, 4.69) is 0 Å². The lowest BCUT2D eigenvalue weighted by Crippen LogP contribution is -2.29. The number of hydrogen-bond donors (Lipinski definition) is 3. The summed E-state index contributed by atoms with van der Waals surface area (Å²) in [6.07, 6.45) is 0. The molecule has 0 amide bonds. The predicted octanol–water partition coefficient (Wildman–Crippen LogP) is 0.472. The molecule has 0 radical (unpaired) electrons. The molecule has 1 heterocycles. The summed E-state index contributed by atoms with van der Waals surface area (Å²) in [5.74, 6) is 0. The van der Waals surface area contributed by atoms with Crippen LogP contribution in [0.1, 0.15) is 5.56 Å². The second-order valence-corrected chi connectivity index (χ2v) is 4.12. The molecule has 0 aliphatic carbocycles. The van der Waals surface area contributed by atoms with Gasteiger partial charge in [-0.2, -0.15) is 0 Å². The molecule has 0 saturated heterocycles. The second-order valence-electron chi connectivity index (χ2n) is 3.24. The van der Waals surface area contributed by atoms with Crippen molar-refractivity contribution in [1.82, 2.24) is 0 Å². The lowest BCUT2D eigenvalue weighted by Gasteiger charge is -2.02. The van der Waals surface area contributed by atoms with Gasteiger partial charge in [0.05, 0.1) is 4.70 Å². The monoisotopic (exact) mass is 207 g/mol. The van der Waals surface area contributed by atoms with Crippen LogP contribution in [-0.4, -0.2) is 17.2 Å². The smallest absolute Gasteiger partial charge is 0.423 e. The van der Waals surface area contributed by atoms with Gasteiger partial charge in [-0.15, -0.1) is 11.3 Å². The third-order valence-electron chi connectivity index (χ3n) is 2.27. The summed E-state index contributed by atoms with van der Waals surface area (Å²) in [6.45, 7) is 1.93. The van der Waals surface area contributed by atoms with Crippen LogP contribution in [0.15, 0.2) is 17.5 Å². The molecule has 4 N–H and O–H groups in total. The van der Waals surface area contributed by atoms with Gasteiger partial charge in [0, 0.05) is 11.2 Å². The Morgan fingerprint density at radius 1 is 1.36 bits per heavy atom. The number of rotatable bonds is 1. The Balaban J connectivity index is 2.84. The van der Waals surface area contributed by atoms with Crippen LogP contribution in [0.4, 0.5) is 5.69 Å². The molecule has 0 bridgehead atoms. The first kappa shape index (κ1) is 9.52. The zero-order valence-electron chi connectivity index (χ0n) is 7.69. The minimum absolute atomic E-state index is 0.537. The van der Waals surface area contributed by atoms with Crippen molar-refractivity contribution in [2.24, 2.45) is 0 Å². The summed E-state index contributed by atoms with van der Waals surface area (Å²) in [5, 5.41) is 20.9. The Labute approximate surface area is 85.9 Å². The van der Waals surface area contributed by atoms with Crippen LogP contribution < -0.4 is 11.2 Å². The summed E-state index contributed by atoms with van der Waals surface area (Å²) in [5.41, 5.74) is 8.02. The molecule has 1 aromatic heterocycles. The van der Waals surface area contributed by atoms with Crippen molar-refractivity contribution in [3.63, 3.8) is 0 Å². The van der Waals surface area contributed by atoms with E-state index < -0.39 is 7.12 Å². The van der Waals surface area contributed by atoms with E-state index in [1.54, 1.807) is 5.38 Å². The number of benzene rings is 1. The Kier molecular flexibility index (Phi) is 2.22. The van der Waals surface area contributed by atoms with Gasteiger partial charge < -0.3 is 15.8 Å². The molecule has 0 unspecified atom stereocenters. The number of thiophene rings is 1. The van der Waals surface area contributed by atoms with Gasteiger partial charge in [-0.3, -0.25) is 0 Å². The standard InChI is InChI=1S/C9H10BNO2S/c1-5-2-3-7(11)9-8(5)6(4-14-9)10(12)13/h2-4,12-13H,11H2,1H3. The van der Waals surface area contributed by atoms with Crippen molar-refractivity contribution in [3.8, 4) is 0 Å². The number of fused-ring (bicyclic) bond motifs is 1. The van der Waals surface area contributed by atoms with E-state index >= 15 is 0 Å². The third kappa shape index (κ3) is 1.30. The van der Waals surface area contributed by atoms with Gasteiger partial charge in [0.1, 0.15) is 0 Å². The molecule has 0 atom stereocenters. The molecule has 0 saturated carbocycles. The molecule has 0 aliphatic rings. The van der Waals surface area contributed by atoms with E-state index in [-0.39, 0.29) is 0 Å². The molecule has 1 aromatic carbocycles. The minimum atomic E-state index is -1.43. The highest BCUT2D eigenvalue weighted by molar-refractivity contribution is 7.19. The van der Waals surface area contributed by atoms with Crippen LogP contribution in [0, 0.1) is 6.92 Å². The van der Waals surface area contributed by atoms with Crippen molar-refractivity contribution in [3.05, 3.63) is 23.1 Å². The van der Waals surface area contributed by atoms with Crippen molar-refractivity contribution < 1.29 is 10.0 Å². The number of anilines is 1. The highest BCUT2D eigenvalue weighted by Gasteiger charge is 2.18. The molecule has 72 valence electrons. The largest absolute Gasteiger partial charge is 0.489 e. The molecule has 0 aliphatic heterocycles. The van der Waals surface area contributed by atoms with Crippen molar-refractivity contribution in [2.75, 3.05) is 5.73 Å². The van der Waals surface area contributed by atoms with E-state index in [1.165, 1.54) is 11.3 Å². The number of hydrogen-bond acceptors (Lipinski definition) is 4. The molecule has 5 heteroatoms. The van der Waals surface area contributed by atoms with Gasteiger partial charge >= 0.3 is 7.12 Å². The number of nitrogens with two attached hydrogens (primary N) is 1. The lowest BCUT2D eigenvalue weighted by atomic mass is 9.79. The zero-order chi connectivity index (χ0) is 10.3. The molecular formula is C9H10BNO2S. The molecule has 0 spiro atoms. The first-order valence-electron chi connectivity index (χ1n) is 4.23. The van der Waals surface area contributed by atoms with E-state index in [0.717, 1.165) is 15.6 Å². The maximum absolute atomic E-state index is 9.15. The fourth-order valence-corrected chi connectivity index (χ4v) is 2.64. The molecule has 3 nitrogen and oxygen atoms in total. The number of aryl methyl sites for hydroxylation is 1. The van der Waals surface area contributed by atoms with Crippen LogP contribution in [0.2, 0.25) is 0 Å². The fourth-order valence-electron chi connectivity index (χ4n) is 1.55. The van der Waals surface area contributed by atoms with Crippen LogP contribution >= 0.6 is 11.3 Å². The van der Waals surface area contributed by atoms with Crippen LogP contribution in [-0.2, 0) is 0 Å². The van der Waals surface area contributed by atoms with Crippen LogP contribution in [0.25, 0.3) is 10.1 Å². The summed E-state index contributed by atoms with van der Waals surface area (Å²) in [4.78, 5) is 0. The van der Waals surface area contributed by atoms with Crippen molar-refractivity contribution in [2.45, 2.75) is 6.92 Å². The Morgan fingerprint density at radius 2 is 2.07 bits per heavy atom.